The van der Waals surface area contributed by atoms with Gasteiger partial charge in [-0.1, -0.05) is 19.3 Å². The van der Waals surface area contributed by atoms with E-state index in [9.17, 15) is 4.39 Å². The Labute approximate surface area is 161 Å². The maximum Gasteiger partial charge on any atom is 0.223 e. The first-order valence-corrected chi connectivity index (χ1v) is 9.86. The highest BCUT2D eigenvalue weighted by molar-refractivity contribution is 7.99. The molecule has 0 unspecified atom stereocenters. The van der Waals surface area contributed by atoms with Crippen molar-refractivity contribution in [2.45, 2.75) is 55.4 Å². The molecule has 2 aromatic heterocycles. The van der Waals surface area contributed by atoms with Crippen LogP contribution < -0.4 is 4.74 Å². The second-order valence-corrected chi connectivity index (χ2v) is 7.46. The third-order valence-electron chi connectivity index (χ3n) is 4.60. The third-order valence-corrected chi connectivity index (χ3v) is 5.44. The van der Waals surface area contributed by atoms with E-state index in [1.807, 2.05) is 6.92 Å². The SMILES string of the molecule is Cc1nnc(Sc2nccc(Oc3ccc(F)cc3)n2)n1C1CCCCC1. The maximum absolute atomic E-state index is 13.0. The van der Waals surface area contributed by atoms with Crippen molar-refractivity contribution in [1.82, 2.24) is 24.7 Å². The largest absolute Gasteiger partial charge is 0.439 e. The fraction of sp³-hybridized carbons (Fsp3) is 0.368. The Hall–Kier alpha value is -2.48. The molecule has 0 spiro atoms. The van der Waals surface area contributed by atoms with Crippen LogP contribution in [0.4, 0.5) is 4.39 Å². The number of benzene rings is 1. The first-order valence-electron chi connectivity index (χ1n) is 9.05. The normalized spacial score (nSPS) is 15.0. The Balaban J connectivity index is 1.52. The monoisotopic (exact) mass is 385 g/mol. The second-order valence-electron chi connectivity index (χ2n) is 6.53. The molecule has 27 heavy (non-hydrogen) atoms. The van der Waals surface area contributed by atoms with Crippen molar-refractivity contribution in [2.24, 2.45) is 0 Å². The van der Waals surface area contributed by atoms with Crippen LogP contribution >= 0.6 is 11.8 Å². The molecule has 0 radical (unpaired) electrons. The molecule has 0 N–H and O–H groups in total. The van der Waals surface area contributed by atoms with Crippen molar-refractivity contribution in [3.63, 3.8) is 0 Å². The van der Waals surface area contributed by atoms with Gasteiger partial charge in [0.1, 0.15) is 17.4 Å². The molecule has 1 saturated carbocycles. The highest BCUT2D eigenvalue weighted by Crippen LogP contribution is 2.34. The molecule has 1 aromatic carbocycles. The first-order chi connectivity index (χ1) is 13.2. The zero-order valence-electron chi connectivity index (χ0n) is 15.0. The van der Waals surface area contributed by atoms with Crippen molar-refractivity contribution in [1.29, 1.82) is 0 Å². The van der Waals surface area contributed by atoms with Gasteiger partial charge in [0, 0.05) is 18.3 Å². The lowest BCUT2D eigenvalue weighted by Gasteiger charge is -2.24. The lowest BCUT2D eigenvalue weighted by molar-refractivity contribution is 0.332. The van der Waals surface area contributed by atoms with Gasteiger partial charge in [0.25, 0.3) is 0 Å². The predicted molar refractivity (Wildman–Crippen MR) is 99.5 cm³/mol. The van der Waals surface area contributed by atoms with E-state index in [1.165, 1.54) is 43.2 Å². The Kier molecular flexibility index (Phi) is 5.33. The van der Waals surface area contributed by atoms with E-state index >= 15 is 0 Å². The van der Waals surface area contributed by atoms with E-state index in [1.54, 1.807) is 24.4 Å². The predicted octanol–water partition coefficient (Wildman–Crippen LogP) is 4.96. The number of aryl methyl sites for hydroxylation is 1. The van der Waals surface area contributed by atoms with Gasteiger partial charge in [0.15, 0.2) is 10.3 Å². The van der Waals surface area contributed by atoms with Crippen LogP contribution in [0.5, 0.6) is 11.6 Å². The van der Waals surface area contributed by atoms with Crippen molar-refractivity contribution in [3.8, 4) is 11.6 Å². The smallest absolute Gasteiger partial charge is 0.223 e. The summed E-state index contributed by atoms with van der Waals surface area (Å²) in [7, 11) is 0. The van der Waals surface area contributed by atoms with Gasteiger partial charge in [-0.05, 0) is 55.8 Å². The molecule has 1 aliphatic carbocycles. The zero-order chi connectivity index (χ0) is 18.6. The van der Waals surface area contributed by atoms with Crippen LogP contribution in [0.3, 0.4) is 0 Å². The highest BCUT2D eigenvalue weighted by atomic mass is 32.2. The third kappa shape index (κ3) is 4.27. The van der Waals surface area contributed by atoms with E-state index < -0.39 is 0 Å². The number of halogens is 1. The average molecular weight is 385 g/mol. The zero-order valence-corrected chi connectivity index (χ0v) is 15.8. The summed E-state index contributed by atoms with van der Waals surface area (Å²) >= 11 is 1.38. The summed E-state index contributed by atoms with van der Waals surface area (Å²) in [4.78, 5) is 8.75. The molecule has 2 heterocycles. The van der Waals surface area contributed by atoms with Crippen LogP contribution in [0, 0.1) is 12.7 Å². The molecule has 140 valence electrons. The first kappa shape index (κ1) is 17.9. The molecule has 4 rings (SSSR count). The van der Waals surface area contributed by atoms with E-state index in [2.05, 4.69) is 24.7 Å². The van der Waals surface area contributed by atoms with Gasteiger partial charge in [-0.15, -0.1) is 10.2 Å². The molecule has 0 saturated heterocycles. The van der Waals surface area contributed by atoms with Crippen LogP contribution in [0.2, 0.25) is 0 Å². The number of ether oxygens (including phenoxy) is 1. The van der Waals surface area contributed by atoms with Gasteiger partial charge in [-0.25, -0.2) is 9.37 Å². The minimum absolute atomic E-state index is 0.307. The summed E-state index contributed by atoms with van der Waals surface area (Å²) in [6.45, 7) is 1.99. The molecule has 8 heteroatoms. The molecule has 1 fully saturated rings. The molecule has 0 aliphatic heterocycles. The van der Waals surface area contributed by atoms with E-state index in [0.717, 1.165) is 23.8 Å². The van der Waals surface area contributed by atoms with Gasteiger partial charge in [-0.2, -0.15) is 4.98 Å². The maximum atomic E-state index is 13.0. The number of aromatic nitrogens is 5. The molecular weight excluding hydrogens is 365 g/mol. The number of rotatable bonds is 5. The van der Waals surface area contributed by atoms with Crippen molar-refractivity contribution >= 4 is 11.8 Å². The number of nitrogens with zero attached hydrogens (tertiary/aromatic N) is 5. The summed E-state index contributed by atoms with van der Waals surface area (Å²) in [5.41, 5.74) is 0. The molecule has 6 nitrogen and oxygen atoms in total. The Bertz CT molecular complexity index is 909. The molecular formula is C19H20FN5OS. The quantitative estimate of drug-likeness (QED) is 0.578. The van der Waals surface area contributed by atoms with E-state index in [4.69, 9.17) is 4.74 Å². The van der Waals surface area contributed by atoms with Crippen molar-refractivity contribution in [2.75, 3.05) is 0 Å². The second kappa shape index (κ2) is 8.04. The summed E-state index contributed by atoms with van der Waals surface area (Å²) in [5.74, 6) is 1.54. The van der Waals surface area contributed by atoms with Crippen LogP contribution in [-0.2, 0) is 0 Å². The molecule has 0 bridgehead atoms. The highest BCUT2D eigenvalue weighted by Gasteiger charge is 2.22. The fourth-order valence-corrected chi connectivity index (χ4v) is 4.19. The van der Waals surface area contributed by atoms with Gasteiger partial charge in [-0.3, -0.25) is 0 Å². The average Bonchev–Trinajstić information content (AvgIpc) is 3.05. The lowest BCUT2D eigenvalue weighted by Crippen LogP contribution is -2.15. The minimum Gasteiger partial charge on any atom is -0.439 e. The summed E-state index contributed by atoms with van der Waals surface area (Å²) in [6, 6.07) is 7.93. The van der Waals surface area contributed by atoms with E-state index in [0.29, 0.717) is 22.8 Å². The van der Waals surface area contributed by atoms with Crippen molar-refractivity contribution < 1.29 is 9.13 Å². The minimum atomic E-state index is -0.307. The van der Waals surface area contributed by atoms with Crippen LogP contribution in [0.25, 0.3) is 0 Å². The molecule has 0 amide bonds. The summed E-state index contributed by atoms with van der Waals surface area (Å²) in [5, 5.41) is 9.92. The van der Waals surface area contributed by atoms with Crippen LogP contribution in [0.15, 0.2) is 46.8 Å². The molecule has 3 aromatic rings. The topological polar surface area (TPSA) is 65.7 Å². The van der Waals surface area contributed by atoms with E-state index in [-0.39, 0.29) is 5.82 Å². The lowest BCUT2D eigenvalue weighted by atomic mass is 9.95. The van der Waals surface area contributed by atoms with Crippen molar-refractivity contribution in [3.05, 3.63) is 48.2 Å². The van der Waals surface area contributed by atoms with Crippen LogP contribution in [-0.4, -0.2) is 24.7 Å². The van der Waals surface area contributed by atoms with Gasteiger partial charge in [0.2, 0.25) is 5.88 Å². The Morgan fingerprint density at radius 1 is 1.07 bits per heavy atom. The number of hydrogen-bond donors (Lipinski definition) is 0. The van der Waals surface area contributed by atoms with Gasteiger partial charge in [0.05, 0.1) is 0 Å². The summed E-state index contributed by atoms with van der Waals surface area (Å²) < 4.78 is 20.9. The van der Waals surface area contributed by atoms with Gasteiger partial charge < -0.3 is 9.30 Å². The Morgan fingerprint density at radius 2 is 1.85 bits per heavy atom. The standard InChI is InChI=1S/C19H20FN5OS/c1-13-23-24-19(25(13)15-5-3-2-4-6-15)27-18-21-12-11-17(22-18)26-16-9-7-14(20)8-10-16/h7-12,15H,2-6H2,1H3. The Morgan fingerprint density at radius 3 is 2.63 bits per heavy atom. The fourth-order valence-electron chi connectivity index (χ4n) is 3.32. The molecule has 1 aliphatic rings. The summed E-state index contributed by atoms with van der Waals surface area (Å²) in [6.07, 6.45) is 7.73. The number of hydrogen-bond acceptors (Lipinski definition) is 6. The van der Waals surface area contributed by atoms with Gasteiger partial charge >= 0.3 is 0 Å². The molecule has 0 atom stereocenters. The van der Waals surface area contributed by atoms with Crippen LogP contribution in [0.1, 0.15) is 44.0 Å².